The second-order valence-electron chi connectivity index (χ2n) is 5.00. The summed E-state index contributed by atoms with van der Waals surface area (Å²) in [6.45, 7) is 6.51. The largest absolute Gasteiger partial charge is 0.487 e. The standard InChI is InChI=1S/C13H19ClN2O/c1-9(2)6-12(10-7-15-8-10)17-11-4-3-5-16-13(11)14/h3-5,9-10,12,15H,6-8H2,1-2H3. The quantitative estimate of drug-likeness (QED) is 0.821. The van der Waals surface area contributed by atoms with Crippen molar-refractivity contribution in [2.45, 2.75) is 26.4 Å². The lowest BCUT2D eigenvalue weighted by Gasteiger charge is -2.35. The Labute approximate surface area is 108 Å². The summed E-state index contributed by atoms with van der Waals surface area (Å²) in [5, 5.41) is 3.74. The van der Waals surface area contributed by atoms with E-state index in [2.05, 4.69) is 24.1 Å². The predicted octanol–water partition coefficient (Wildman–Crippen LogP) is 2.75. The molecule has 1 aromatic rings. The molecule has 1 atom stereocenters. The van der Waals surface area contributed by atoms with E-state index in [0.717, 1.165) is 19.5 Å². The highest BCUT2D eigenvalue weighted by Gasteiger charge is 2.29. The van der Waals surface area contributed by atoms with Crippen molar-refractivity contribution in [1.29, 1.82) is 0 Å². The summed E-state index contributed by atoms with van der Waals surface area (Å²) in [7, 11) is 0. The van der Waals surface area contributed by atoms with Crippen LogP contribution in [0.15, 0.2) is 18.3 Å². The van der Waals surface area contributed by atoms with Crippen LogP contribution < -0.4 is 10.1 Å². The molecule has 1 aromatic heterocycles. The van der Waals surface area contributed by atoms with Crippen molar-refractivity contribution in [3.05, 3.63) is 23.5 Å². The number of nitrogens with zero attached hydrogens (tertiary/aromatic N) is 1. The van der Waals surface area contributed by atoms with Gasteiger partial charge in [0.05, 0.1) is 0 Å². The van der Waals surface area contributed by atoms with Gasteiger partial charge in [-0.15, -0.1) is 0 Å². The smallest absolute Gasteiger partial charge is 0.171 e. The van der Waals surface area contributed by atoms with Crippen LogP contribution in [0.3, 0.4) is 0 Å². The van der Waals surface area contributed by atoms with E-state index in [1.54, 1.807) is 6.20 Å². The van der Waals surface area contributed by atoms with Crippen molar-refractivity contribution in [2.75, 3.05) is 13.1 Å². The van der Waals surface area contributed by atoms with Gasteiger partial charge >= 0.3 is 0 Å². The minimum absolute atomic E-state index is 0.234. The molecule has 1 saturated heterocycles. The topological polar surface area (TPSA) is 34.1 Å². The fraction of sp³-hybridized carbons (Fsp3) is 0.615. The van der Waals surface area contributed by atoms with E-state index in [1.807, 2.05) is 12.1 Å². The van der Waals surface area contributed by atoms with E-state index in [0.29, 0.717) is 22.7 Å². The molecule has 1 fully saturated rings. The van der Waals surface area contributed by atoms with E-state index in [9.17, 15) is 0 Å². The van der Waals surface area contributed by atoms with Gasteiger partial charge in [-0.2, -0.15) is 0 Å². The first kappa shape index (κ1) is 12.7. The Morgan fingerprint density at radius 3 is 2.82 bits per heavy atom. The molecule has 2 heterocycles. The Morgan fingerprint density at radius 1 is 1.53 bits per heavy atom. The molecular weight excluding hydrogens is 236 g/mol. The average molecular weight is 255 g/mol. The van der Waals surface area contributed by atoms with E-state index in [-0.39, 0.29) is 6.10 Å². The van der Waals surface area contributed by atoms with Crippen molar-refractivity contribution in [1.82, 2.24) is 10.3 Å². The second kappa shape index (κ2) is 5.69. The van der Waals surface area contributed by atoms with Crippen LogP contribution in [0.25, 0.3) is 0 Å². The molecule has 1 aliphatic heterocycles. The molecule has 1 unspecified atom stereocenters. The van der Waals surface area contributed by atoms with Crippen LogP contribution in [0, 0.1) is 11.8 Å². The van der Waals surface area contributed by atoms with Gasteiger partial charge in [0, 0.05) is 25.2 Å². The third-order valence-corrected chi connectivity index (χ3v) is 3.33. The number of pyridine rings is 1. The van der Waals surface area contributed by atoms with Crippen LogP contribution in [-0.4, -0.2) is 24.2 Å². The van der Waals surface area contributed by atoms with Gasteiger partial charge in [-0.1, -0.05) is 25.4 Å². The molecule has 2 rings (SSSR count). The van der Waals surface area contributed by atoms with Crippen LogP contribution >= 0.6 is 11.6 Å². The Balaban J connectivity index is 2.03. The molecule has 17 heavy (non-hydrogen) atoms. The first-order valence-electron chi connectivity index (χ1n) is 6.14. The zero-order chi connectivity index (χ0) is 12.3. The maximum atomic E-state index is 6.03. The Morgan fingerprint density at radius 2 is 2.29 bits per heavy atom. The maximum absolute atomic E-state index is 6.03. The number of hydrogen-bond acceptors (Lipinski definition) is 3. The highest BCUT2D eigenvalue weighted by molar-refractivity contribution is 6.30. The summed E-state index contributed by atoms with van der Waals surface area (Å²) in [5.41, 5.74) is 0. The fourth-order valence-corrected chi connectivity index (χ4v) is 2.16. The predicted molar refractivity (Wildman–Crippen MR) is 69.5 cm³/mol. The van der Waals surface area contributed by atoms with Gasteiger partial charge in [0.2, 0.25) is 0 Å². The third-order valence-electron chi connectivity index (χ3n) is 3.05. The van der Waals surface area contributed by atoms with Crippen LogP contribution in [0.5, 0.6) is 5.75 Å². The molecule has 1 aliphatic rings. The van der Waals surface area contributed by atoms with Crippen molar-refractivity contribution in [2.24, 2.45) is 11.8 Å². The van der Waals surface area contributed by atoms with Gasteiger partial charge in [-0.05, 0) is 24.5 Å². The van der Waals surface area contributed by atoms with Crippen LogP contribution in [0.4, 0.5) is 0 Å². The van der Waals surface area contributed by atoms with E-state index in [4.69, 9.17) is 16.3 Å². The highest BCUT2D eigenvalue weighted by atomic mass is 35.5. The van der Waals surface area contributed by atoms with Gasteiger partial charge in [0.1, 0.15) is 6.10 Å². The number of hydrogen-bond donors (Lipinski definition) is 1. The number of halogens is 1. The Kier molecular flexibility index (Phi) is 4.24. The van der Waals surface area contributed by atoms with Gasteiger partial charge in [-0.25, -0.2) is 4.98 Å². The maximum Gasteiger partial charge on any atom is 0.171 e. The molecule has 3 nitrogen and oxygen atoms in total. The zero-order valence-electron chi connectivity index (χ0n) is 10.3. The third kappa shape index (κ3) is 3.33. The number of rotatable bonds is 5. The molecule has 1 N–H and O–H groups in total. The van der Waals surface area contributed by atoms with Gasteiger partial charge < -0.3 is 10.1 Å². The molecule has 0 amide bonds. The molecular formula is C13H19ClN2O. The average Bonchev–Trinajstić information content (AvgIpc) is 2.17. The van der Waals surface area contributed by atoms with Crippen LogP contribution in [0.1, 0.15) is 20.3 Å². The number of nitrogens with one attached hydrogen (secondary N) is 1. The molecule has 4 heteroatoms. The normalized spacial score (nSPS) is 17.9. The second-order valence-corrected chi connectivity index (χ2v) is 5.35. The van der Waals surface area contributed by atoms with Gasteiger partial charge in [0.25, 0.3) is 0 Å². The highest BCUT2D eigenvalue weighted by Crippen LogP contribution is 2.27. The fourth-order valence-electron chi connectivity index (χ4n) is 2.00. The number of ether oxygens (including phenoxy) is 1. The minimum Gasteiger partial charge on any atom is -0.487 e. The molecule has 0 radical (unpaired) electrons. The Hall–Kier alpha value is -0.800. The number of aromatic nitrogens is 1. The van der Waals surface area contributed by atoms with E-state index < -0.39 is 0 Å². The Bertz CT molecular complexity index is 366. The summed E-state index contributed by atoms with van der Waals surface area (Å²) in [6, 6.07) is 3.74. The molecule has 0 spiro atoms. The minimum atomic E-state index is 0.234. The van der Waals surface area contributed by atoms with Crippen LogP contribution in [0.2, 0.25) is 5.15 Å². The summed E-state index contributed by atoms with van der Waals surface area (Å²) in [4.78, 5) is 4.04. The van der Waals surface area contributed by atoms with Gasteiger partial charge in [-0.3, -0.25) is 0 Å². The van der Waals surface area contributed by atoms with Crippen molar-refractivity contribution >= 4 is 11.6 Å². The van der Waals surface area contributed by atoms with Crippen LogP contribution in [-0.2, 0) is 0 Å². The lowest BCUT2D eigenvalue weighted by atomic mass is 9.90. The van der Waals surface area contributed by atoms with E-state index >= 15 is 0 Å². The van der Waals surface area contributed by atoms with E-state index in [1.165, 1.54) is 0 Å². The summed E-state index contributed by atoms with van der Waals surface area (Å²) >= 11 is 6.02. The molecule has 0 aliphatic carbocycles. The first-order chi connectivity index (χ1) is 8.16. The lowest BCUT2D eigenvalue weighted by Crippen LogP contribution is -2.50. The molecule has 94 valence electrons. The monoisotopic (exact) mass is 254 g/mol. The summed E-state index contributed by atoms with van der Waals surface area (Å²) < 4.78 is 6.03. The summed E-state index contributed by atoms with van der Waals surface area (Å²) in [6.07, 6.45) is 2.97. The lowest BCUT2D eigenvalue weighted by molar-refractivity contribution is 0.0804. The zero-order valence-corrected chi connectivity index (χ0v) is 11.1. The van der Waals surface area contributed by atoms with Gasteiger partial charge in [0.15, 0.2) is 10.9 Å². The first-order valence-corrected chi connectivity index (χ1v) is 6.52. The van der Waals surface area contributed by atoms with Crippen molar-refractivity contribution in [3.8, 4) is 5.75 Å². The molecule has 0 saturated carbocycles. The molecule has 0 aromatic carbocycles. The summed E-state index contributed by atoms with van der Waals surface area (Å²) in [5.74, 6) is 1.91. The molecule has 0 bridgehead atoms. The van der Waals surface area contributed by atoms with Crippen molar-refractivity contribution in [3.63, 3.8) is 0 Å². The van der Waals surface area contributed by atoms with Crippen molar-refractivity contribution < 1.29 is 4.74 Å². The SMILES string of the molecule is CC(C)CC(Oc1cccnc1Cl)C1CNC1.